The van der Waals surface area contributed by atoms with E-state index >= 15 is 0 Å². The first kappa shape index (κ1) is 10.6. The molecular weight excluding hydrogens is 202 g/mol. The van der Waals surface area contributed by atoms with Crippen LogP contribution in [0.25, 0.3) is 0 Å². The standard InChI is InChI=1S/C8H7N3O4/c9-11-6(8(14)15)4-2-1-3-10-5(4)7(12)13/h1-3H,9H2,(H,12,13)(H,14,15)/b11-6-. The molecule has 0 radical (unpaired) electrons. The number of aliphatic carboxylic acids is 1. The van der Waals surface area contributed by atoms with Crippen LogP contribution in [0.15, 0.2) is 23.4 Å². The molecule has 1 heterocycles. The van der Waals surface area contributed by atoms with Crippen molar-refractivity contribution in [3.05, 3.63) is 29.6 Å². The van der Waals surface area contributed by atoms with Crippen LogP contribution in [0.4, 0.5) is 0 Å². The molecule has 1 aromatic rings. The number of aromatic carboxylic acids is 1. The van der Waals surface area contributed by atoms with E-state index in [2.05, 4.69) is 10.1 Å². The summed E-state index contributed by atoms with van der Waals surface area (Å²) in [4.78, 5) is 24.9. The van der Waals surface area contributed by atoms with Gasteiger partial charge in [-0.05, 0) is 12.1 Å². The van der Waals surface area contributed by atoms with Gasteiger partial charge in [0.05, 0.1) is 0 Å². The molecule has 0 aliphatic rings. The Balaban J connectivity index is 3.36. The Morgan fingerprint density at radius 3 is 2.53 bits per heavy atom. The molecule has 0 aromatic carbocycles. The molecule has 0 aliphatic carbocycles. The number of hydrogen-bond donors (Lipinski definition) is 3. The van der Waals surface area contributed by atoms with Gasteiger partial charge in [0.2, 0.25) is 0 Å². The number of hydrazone groups is 1. The molecule has 0 amide bonds. The number of carbonyl (C=O) groups is 2. The third-order valence-corrected chi connectivity index (χ3v) is 1.60. The van der Waals surface area contributed by atoms with E-state index in [0.717, 1.165) is 0 Å². The van der Waals surface area contributed by atoms with Gasteiger partial charge < -0.3 is 16.1 Å². The van der Waals surface area contributed by atoms with Gasteiger partial charge in [0.15, 0.2) is 11.4 Å². The molecule has 0 fully saturated rings. The van der Waals surface area contributed by atoms with Gasteiger partial charge in [-0.1, -0.05) is 0 Å². The highest BCUT2D eigenvalue weighted by Gasteiger charge is 2.20. The summed E-state index contributed by atoms with van der Waals surface area (Å²) in [5.41, 5.74) is -1.07. The fourth-order valence-electron chi connectivity index (χ4n) is 1.01. The molecule has 7 nitrogen and oxygen atoms in total. The van der Waals surface area contributed by atoms with Crippen molar-refractivity contribution < 1.29 is 19.8 Å². The van der Waals surface area contributed by atoms with Crippen LogP contribution in [0, 0.1) is 0 Å². The van der Waals surface area contributed by atoms with Crippen LogP contribution in [-0.4, -0.2) is 32.8 Å². The minimum atomic E-state index is -1.41. The summed E-state index contributed by atoms with van der Waals surface area (Å²) in [5, 5.41) is 20.5. The average molecular weight is 209 g/mol. The van der Waals surface area contributed by atoms with Gasteiger partial charge in [-0.2, -0.15) is 5.10 Å². The molecule has 1 rings (SSSR count). The van der Waals surface area contributed by atoms with Gasteiger partial charge in [-0.15, -0.1) is 0 Å². The Kier molecular flexibility index (Phi) is 2.97. The maximum absolute atomic E-state index is 10.7. The molecule has 0 aliphatic heterocycles. The van der Waals surface area contributed by atoms with Gasteiger partial charge in [-0.3, -0.25) is 0 Å². The molecule has 0 atom stereocenters. The molecule has 1 aromatic heterocycles. The van der Waals surface area contributed by atoms with Crippen molar-refractivity contribution in [2.75, 3.05) is 0 Å². The Labute approximate surface area is 83.9 Å². The molecule has 0 saturated heterocycles. The maximum atomic E-state index is 10.7. The van der Waals surface area contributed by atoms with Gasteiger partial charge in [0.1, 0.15) is 0 Å². The maximum Gasteiger partial charge on any atom is 0.357 e. The van der Waals surface area contributed by atoms with E-state index in [4.69, 9.17) is 16.1 Å². The SMILES string of the molecule is N/N=C(\C(=O)O)c1cccnc1C(=O)O. The Bertz CT molecular complexity index is 441. The quantitative estimate of drug-likeness (QED) is 0.351. The summed E-state index contributed by atoms with van der Waals surface area (Å²) in [7, 11) is 0. The van der Waals surface area contributed by atoms with Crippen LogP contribution in [0.3, 0.4) is 0 Å². The third kappa shape index (κ3) is 2.08. The van der Waals surface area contributed by atoms with Gasteiger partial charge >= 0.3 is 11.9 Å². The van der Waals surface area contributed by atoms with Gasteiger partial charge in [0, 0.05) is 11.8 Å². The fraction of sp³-hybridized carbons (Fsp3) is 0. The lowest BCUT2D eigenvalue weighted by molar-refractivity contribution is -0.129. The van der Waals surface area contributed by atoms with Gasteiger partial charge in [-0.25, -0.2) is 14.6 Å². The largest absolute Gasteiger partial charge is 0.476 e. The first-order valence-electron chi connectivity index (χ1n) is 3.77. The monoisotopic (exact) mass is 209 g/mol. The number of pyridine rings is 1. The van der Waals surface area contributed by atoms with Crippen molar-refractivity contribution in [1.82, 2.24) is 4.98 Å². The van der Waals surface area contributed by atoms with Crippen LogP contribution < -0.4 is 5.84 Å². The molecule has 78 valence electrons. The Hall–Kier alpha value is -2.44. The molecule has 15 heavy (non-hydrogen) atoms. The number of nitrogens with two attached hydrogens (primary N) is 1. The smallest absolute Gasteiger partial charge is 0.357 e. The second kappa shape index (κ2) is 4.18. The van der Waals surface area contributed by atoms with E-state index in [9.17, 15) is 9.59 Å². The van der Waals surface area contributed by atoms with Crippen molar-refractivity contribution in [2.24, 2.45) is 10.9 Å². The predicted octanol–water partition coefficient (Wildman–Crippen LogP) is -0.473. The van der Waals surface area contributed by atoms with Crippen molar-refractivity contribution in [1.29, 1.82) is 0 Å². The van der Waals surface area contributed by atoms with Crippen LogP contribution in [0.1, 0.15) is 16.1 Å². The van der Waals surface area contributed by atoms with E-state index < -0.39 is 23.3 Å². The number of carboxylic acid groups (broad SMARTS) is 2. The van der Waals surface area contributed by atoms with Crippen molar-refractivity contribution in [3.63, 3.8) is 0 Å². The topological polar surface area (TPSA) is 126 Å². The summed E-state index contributed by atoms with van der Waals surface area (Å²) in [5.74, 6) is 2.11. The fourth-order valence-corrected chi connectivity index (χ4v) is 1.01. The lowest BCUT2D eigenvalue weighted by Gasteiger charge is -2.02. The summed E-state index contributed by atoms with van der Waals surface area (Å²) < 4.78 is 0. The highest BCUT2D eigenvalue weighted by atomic mass is 16.4. The van der Waals surface area contributed by atoms with Gasteiger partial charge in [0.25, 0.3) is 0 Å². The van der Waals surface area contributed by atoms with Crippen molar-refractivity contribution >= 4 is 17.7 Å². The Morgan fingerprint density at radius 2 is 2.07 bits per heavy atom. The minimum absolute atomic E-state index is 0.125. The number of nitrogens with zero attached hydrogens (tertiary/aromatic N) is 2. The lowest BCUT2D eigenvalue weighted by Crippen LogP contribution is -2.20. The zero-order valence-corrected chi connectivity index (χ0v) is 7.41. The third-order valence-electron chi connectivity index (χ3n) is 1.60. The van der Waals surface area contributed by atoms with E-state index in [1.807, 2.05) is 0 Å². The van der Waals surface area contributed by atoms with Crippen LogP contribution >= 0.6 is 0 Å². The molecule has 0 bridgehead atoms. The molecular formula is C8H7N3O4. The second-order valence-electron chi connectivity index (χ2n) is 2.49. The predicted molar refractivity (Wildman–Crippen MR) is 49.6 cm³/mol. The van der Waals surface area contributed by atoms with Crippen LogP contribution in [0.2, 0.25) is 0 Å². The molecule has 7 heteroatoms. The van der Waals surface area contributed by atoms with E-state index in [1.165, 1.54) is 18.3 Å². The van der Waals surface area contributed by atoms with E-state index in [1.54, 1.807) is 0 Å². The van der Waals surface area contributed by atoms with Crippen LogP contribution in [-0.2, 0) is 4.79 Å². The lowest BCUT2D eigenvalue weighted by atomic mass is 10.1. The van der Waals surface area contributed by atoms with Crippen molar-refractivity contribution in [2.45, 2.75) is 0 Å². The molecule has 4 N–H and O–H groups in total. The first-order valence-corrected chi connectivity index (χ1v) is 3.77. The minimum Gasteiger partial charge on any atom is -0.476 e. The number of carboxylic acids is 2. The highest BCUT2D eigenvalue weighted by Crippen LogP contribution is 2.07. The summed E-state index contributed by atoms with van der Waals surface area (Å²) >= 11 is 0. The molecule has 0 saturated carbocycles. The summed E-state index contributed by atoms with van der Waals surface area (Å²) in [6.07, 6.45) is 1.24. The van der Waals surface area contributed by atoms with Crippen molar-refractivity contribution in [3.8, 4) is 0 Å². The van der Waals surface area contributed by atoms with E-state index in [-0.39, 0.29) is 5.56 Å². The Morgan fingerprint density at radius 1 is 1.40 bits per heavy atom. The average Bonchev–Trinajstić information content (AvgIpc) is 2.18. The summed E-state index contributed by atoms with van der Waals surface area (Å²) in [6.45, 7) is 0. The first-order chi connectivity index (χ1) is 7.07. The van der Waals surface area contributed by atoms with Crippen LogP contribution in [0.5, 0.6) is 0 Å². The zero-order valence-electron chi connectivity index (χ0n) is 7.41. The zero-order chi connectivity index (χ0) is 11.4. The second-order valence-corrected chi connectivity index (χ2v) is 2.49. The summed E-state index contributed by atoms with van der Waals surface area (Å²) in [6, 6.07) is 2.67. The highest BCUT2D eigenvalue weighted by molar-refractivity contribution is 6.43. The molecule has 0 unspecified atom stereocenters. The number of aromatic nitrogens is 1. The number of rotatable bonds is 3. The number of hydrogen-bond acceptors (Lipinski definition) is 5. The van der Waals surface area contributed by atoms with E-state index in [0.29, 0.717) is 0 Å². The normalized spacial score (nSPS) is 11.1. The molecule has 0 spiro atoms.